The maximum Gasteiger partial charge on any atom is 0.0314 e. The van der Waals surface area contributed by atoms with Gasteiger partial charge in [-0.25, -0.2) is 0 Å². The van der Waals surface area contributed by atoms with Gasteiger partial charge in [-0.3, -0.25) is 0 Å². The van der Waals surface area contributed by atoms with Crippen LogP contribution >= 0.6 is 7.92 Å². The fourth-order valence-electron chi connectivity index (χ4n) is 3.08. The number of anilines is 1. The normalized spacial score (nSPS) is 10.8. The van der Waals surface area contributed by atoms with Crippen molar-refractivity contribution in [3.05, 3.63) is 109 Å². The minimum atomic E-state index is -0.552. The molecular formula is C24H20NP. The number of nitrogen functional groups attached to an aromatic ring is 1. The highest BCUT2D eigenvalue weighted by Crippen LogP contribution is 2.33. The molecule has 0 saturated heterocycles. The largest absolute Gasteiger partial charge is 0.399 e. The van der Waals surface area contributed by atoms with Gasteiger partial charge in [0.2, 0.25) is 0 Å². The van der Waals surface area contributed by atoms with Crippen LogP contribution in [-0.4, -0.2) is 0 Å². The van der Waals surface area contributed by atoms with Gasteiger partial charge in [0, 0.05) is 5.69 Å². The highest BCUT2D eigenvalue weighted by Gasteiger charge is 2.15. The molecule has 4 aromatic rings. The highest BCUT2D eigenvalue weighted by molar-refractivity contribution is 7.79. The number of nitrogens with two attached hydrogens (primary N) is 1. The third-order valence-electron chi connectivity index (χ3n) is 4.40. The number of hydrogen-bond acceptors (Lipinski definition) is 1. The van der Waals surface area contributed by atoms with E-state index >= 15 is 0 Å². The lowest BCUT2D eigenvalue weighted by Crippen LogP contribution is -2.20. The Kier molecular flexibility index (Phi) is 4.82. The van der Waals surface area contributed by atoms with Crippen molar-refractivity contribution in [1.82, 2.24) is 0 Å². The average molecular weight is 353 g/mol. The van der Waals surface area contributed by atoms with E-state index in [9.17, 15) is 0 Å². The Morgan fingerprint density at radius 1 is 0.423 bits per heavy atom. The molecule has 0 aliphatic rings. The summed E-state index contributed by atoms with van der Waals surface area (Å²) >= 11 is 0. The van der Waals surface area contributed by atoms with Gasteiger partial charge in [0.25, 0.3) is 0 Å². The number of rotatable bonds is 4. The van der Waals surface area contributed by atoms with Gasteiger partial charge in [-0.15, -0.1) is 0 Å². The van der Waals surface area contributed by atoms with Gasteiger partial charge < -0.3 is 5.73 Å². The molecule has 0 radical (unpaired) electrons. The van der Waals surface area contributed by atoms with Crippen LogP contribution < -0.4 is 21.6 Å². The zero-order chi connectivity index (χ0) is 17.8. The van der Waals surface area contributed by atoms with E-state index in [0.29, 0.717) is 0 Å². The van der Waals surface area contributed by atoms with Crippen LogP contribution in [-0.2, 0) is 0 Å². The summed E-state index contributed by atoms with van der Waals surface area (Å²) in [6, 6.07) is 38.5. The minimum Gasteiger partial charge on any atom is -0.399 e. The van der Waals surface area contributed by atoms with E-state index in [1.54, 1.807) is 0 Å². The van der Waals surface area contributed by atoms with Crippen molar-refractivity contribution in [2.75, 3.05) is 5.73 Å². The molecule has 0 aliphatic heterocycles. The SMILES string of the molecule is Nc1ccc(-c2ccc(P(c3ccccc3)c3ccccc3)cc2)cc1. The molecule has 0 aliphatic carbocycles. The zero-order valence-corrected chi connectivity index (χ0v) is 15.3. The topological polar surface area (TPSA) is 26.0 Å². The molecule has 0 heterocycles. The fraction of sp³-hybridized carbons (Fsp3) is 0. The van der Waals surface area contributed by atoms with E-state index in [1.165, 1.54) is 27.0 Å². The summed E-state index contributed by atoms with van der Waals surface area (Å²) < 4.78 is 0. The predicted octanol–water partition coefficient (Wildman–Crippen LogP) is 4.69. The van der Waals surface area contributed by atoms with Gasteiger partial charge in [0.15, 0.2) is 0 Å². The lowest BCUT2D eigenvalue weighted by atomic mass is 10.1. The van der Waals surface area contributed by atoms with Gasteiger partial charge >= 0.3 is 0 Å². The van der Waals surface area contributed by atoms with Crippen LogP contribution in [0.5, 0.6) is 0 Å². The standard InChI is InChI=1S/C24H20NP/c25-21-15-11-19(12-16-21)20-13-17-24(18-14-20)26(22-7-3-1-4-8-22)23-9-5-2-6-10-23/h1-18H,25H2. The summed E-state index contributed by atoms with van der Waals surface area (Å²) in [6.07, 6.45) is 0. The van der Waals surface area contributed by atoms with Gasteiger partial charge in [0.05, 0.1) is 0 Å². The molecule has 0 fully saturated rings. The molecule has 126 valence electrons. The van der Waals surface area contributed by atoms with Crippen molar-refractivity contribution in [1.29, 1.82) is 0 Å². The van der Waals surface area contributed by atoms with Crippen LogP contribution in [0.1, 0.15) is 0 Å². The average Bonchev–Trinajstić information content (AvgIpc) is 2.71. The zero-order valence-electron chi connectivity index (χ0n) is 14.4. The minimum absolute atomic E-state index is 0.552. The predicted molar refractivity (Wildman–Crippen MR) is 115 cm³/mol. The first-order valence-electron chi connectivity index (χ1n) is 8.67. The molecule has 0 bridgehead atoms. The Bertz CT molecular complexity index is 923. The second-order valence-corrected chi connectivity index (χ2v) is 8.40. The van der Waals surface area contributed by atoms with Gasteiger partial charge in [-0.1, -0.05) is 97.1 Å². The molecule has 1 nitrogen and oxygen atoms in total. The Hall–Kier alpha value is -2.89. The number of hydrogen-bond donors (Lipinski definition) is 1. The van der Waals surface area contributed by atoms with Crippen molar-refractivity contribution in [2.24, 2.45) is 0 Å². The first-order chi connectivity index (χ1) is 12.8. The number of benzene rings is 4. The van der Waals surface area contributed by atoms with Gasteiger partial charge in [-0.2, -0.15) is 0 Å². The Balaban J connectivity index is 1.73. The quantitative estimate of drug-likeness (QED) is 0.418. The molecule has 0 saturated carbocycles. The van der Waals surface area contributed by atoms with E-state index in [2.05, 4.69) is 97.1 Å². The van der Waals surface area contributed by atoms with Crippen molar-refractivity contribution in [3.63, 3.8) is 0 Å². The highest BCUT2D eigenvalue weighted by atomic mass is 31.1. The van der Waals surface area contributed by atoms with Crippen LogP contribution in [0, 0.1) is 0 Å². The molecule has 2 N–H and O–H groups in total. The monoisotopic (exact) mass is 353 g/mol. The summed E-state index contributed by atoms with van der Waals surface area (Å²) in [5.41, 5.74) is 9.00. The fourth-order valence-corrected chi connectivity index (χ4v) is 5.36. The summed E-state index contributed by atoms with van der Waals surface area (Å²) in [7, 11) is -0.552. The van der Waals surface area contributed by atoms with Crippen molar-refractivity contribution < 1.29 is 0 Å². The van der Waals surface area contributed by atoms with Crippen LogP contribution in [0.3, 0.4) is 0 Å². The first-order valence-corrected chi connectivity index (χ1v) is 10.0. The van der Waals surface area contributed by atoms with E-state index < -0.39 is 7.92 Å². The third kappa shape index (κ3) is 3.54. The van der Waals surface area contributed by atoms with Gasteiger partial charge in [-0.05, 0) is 47.1 Å². The maximum atomic E-state index is 5.80. The van der Waals surface area contributed by atoms with Crippen LogP contribution in [0.15, 0.2) is 109 Å². The lowest BCUT2D eigenvalue weighted by molar-refractivity contribution is 1.63. The molecule has 26 heavy (non-hydrogen) atoms. The second kappa shape index (κ2) is 7.56. The van der Waals surface area contributed by atoms with E-state index in [-0.39, 0.29) is 0 Å². The van der Waals surface area contributed by atoms with Crippen molar-refractivity contribution >= 4 is 29.5 Å². The molecule has 2 heteroatoms. The second-order valence-electron chi connectivity index (χ2n) is 6.18. The van der Waals surface area contributed by atoms with E-state index in [1.807, 2.05) is 12.1 Å². The molecule has 0 unspecified atom stereocenters. The maximum absolute atomic E-state index is 5.80. The van der Waals surface area contributed by atoms with E-state index in [0.717, 1.165) is 5.69 Å². The Morgan fingerprint density at radius 2 is 0.808 bits per heavy atom. The Morgan fingerprint density at radius 3 is 1.27 bits per heavy atom. The molecular weight excluding hydrogens is 333 g/mol. The summed E-state index contributed by atoms with van der Waals surface area (Å²) in [4.78, 5) is 0. The summed E-state index contributed by atoms with van der Waals surface area (Å²) in [6.45, 7) is 0. The summed E-state index contributed by atoms with van der Waals surface area (Å²) in [5, 5.41) is 4.10. The third-order valence-corrected chi connectivity index (χ3v) is 6.84. The molecule has 4 rings (SSSR count). The molecule has 0 atom stereocenters. The van der Waals surface area contributed by atoms with Crippen LogP contribution in [0.2, 0.25) is 0 Å². The smallest absolute Gasteiger partial charge is 0.0314 e. The molecule has 0 aromatic heterocycles. The van der Waals surface area contributed by atoms with E-state index in [4.69, 9.17) is 5.73 Å². The van der Waals surface area contributed by atoms with Crippen molar-refractivity contribution in [2.45, 2.75) is 0 Å². The van der Waals surface area contributed by atoms with Crippen molar-refractivity contribution in [3.8, 4) is 11.1 Å². The first kappa shape index (κ1) is 16.6. The van der Waals surface area contributed by atoms with Crippen LogP contribution in [0.4, 0.5) is 5.69 Å². The Labute approximate surface area is 155 Å². The van der Waals surface area contributed by atoms with Gasteiger partial charge in [0.1, 0.15) is 0 Å². The molecule has 4 aromatic carbocycles. The summed E-state index contributed by atoms with van der Waals surface area (Å²) in [5.74, 6) is 0. The molecule has 0 spiro atoms. The lowest BCUT2D eigenvalue weighted by Gasteiger charge is -2.19. The van der Waals surface area contributed by atoms with Crippen LogP contribution in [0.25, 0.3) is 11.1 Å². The molecule has 0 amide bonds.